The molecule has 0 amide bonds. The highest BCUT2D eigenvalue weighted by Gasteiger charge is 2.35. The van der Waals surface area contributed by atoms with Crippen molar-refractivity contribution in [2.45, 2.75) is 58.2 Å². The van der Waals surface area contributed by atoms with E-state index in [4.69, 9.17) is 0 Å². The Labute approximate surface area is 111 Å². The normalized spacial score (nSPS) is 21.8. The van der Waals surface area contributed by atoms with Gasteiger partial charge >= 0.3 is 0 Å². The lowest BCUT2D eigenvalue weighted by molar-refractivity contribution is -0.0189. The molecule has 100 valence electrons. The van der Waals surface area contributed by atoms with Crippen LogP contribution in [0.3, 0.4) is 0 Å². The van der Waals surface area contributed by atoms with Crippen molar-refractivity contribution in [3.63, 3.8) is 0 Å². The summed E-state index contributed by atoms with van der Waals surface area (Å²) < 4.78 is 0. The molecule has 1 aliphatic heterocycles. The number of benzene rings is 1. The van der Waals surface area contributed by atoms with Gasteiger partial charge in [0, 0.05) is 12.1 Å². The molecular weight excluding hydrogens is 222 g/mol. The van der Waals surface area contributed by atoms with Crippen molar-refractivity contribution in [1.82, 2.24) is 4.90 Å². The van der Waals surface area contributed by atoms with E-state index in [2.05, 4.69) is 43.0 Å². The molecule has 2 unspecified atom stereocenters. The van der Waals surface area contributed by atoms with Gasteiger partial charge in [-0.2, -0.15) is 0 Å². The largest absolute Gasteiger partial charge is 0.391 e. The molecule has 0 bridgehead atoms. The Bertz CT molecular complexity index is 402. The lowest BCUT2D eigenvalue weighted by atomic mass is 9.90. The second-order valence-corrected chi connectivity index (χ2v) is 5.68. The molecule has 0 saturated heterocycles. The SMILES string of the molecule is CCC(C)(C(C)O)N1CCCc2ccccc2C1. The Hall–Kier alpha value is -0.860. The molecule has 1 aliphatic rings. The van der Waals surface area contributed by atoms with Crippen LogP contribution < -0.4 is 0 Å². The number of aryl methyl sites for hydroxylation is 1. The molecule has 1 heterocycles. The van der Waals surface area contributed by atoms with Crippen LogP contribution in [0.25, 0.3) is 0 Å². The number of nitrogens with zero attached hydrogens (tertiary/aromatic N) is 1. The minimum Gasteiger partial charge on any atom is -0.391 e. The Morgan fingerprint density at radius 2 is 2.00 bits per heavy atom. The second kappa shape index (κ2) is 5.41. The minimum atomic E-state index is -0.298. The van der Waals surface area contributed by atoms with Crippen molar-refractivity contribution < 1.29 is 5.11 Å². The van der Waals surface area contributed by atoms with Crippen molar-refractivity contribution in [2.24, 2.45) is 0 Å². The number of aliphatic hydroxyl groups is 1. The summed E-state index contributed by atoms with van der Waals surface area (Å²) in [7, 11) is 0. The third-order valence-corrected chi connectivity index (χ3v) is 4.69. The Morgan fingerprint density at radius 3 is 2.61 bits per heavy atom. The molecule has 2 rings (SSSR count). The summed E-state index contributed by atoms with van der Waals surface area (Å²) in [4.78, 5) is 2.46. The Morgan fingerprint density at radius 1 is 1.33 bits per heavy atom. The highest BCUT2D eigenvalue weighted by atomic mass is 16.3. The van der Waals surface area contributed by atoms with Crippen LogP contribution in [0.15, 0.2) is 24.3 Å². The van der Waals surface area contributed by atoms with Crippen molar-refractivity contribution >= 4 is 0 Å². The highest BCUT2D eigenvalue weighted by molar-refractivity contribution is 5.28. The summed E-state index contributed by atoms with van der Waals surface area (Å²) >= 11 is 0. The van der Waals surface area contributed by atoms with Gasteiger partial charge in [0.2, 0.25) is 0 Å². The fraction of sp³-hybridized carbons (Fsp3) is 0.625. The lowest BCUT2D eigenvalue weighted by Crippen LogP contribution is -2.52. The fourth-order valence-corrected chi connectivity index (χ4v) is 2.92. The zero-order valence-electron chi connectivity index (χ0n) is 11.8. The summed E-state index contributed by atoms with van der Waals surface area (Å²) in [6.45, 7) is 8.31. The number of hydrogen-bond donors (Lipinski definition) is 1. The summed E-state index contributed by atoms with van der Waals surface area (Å²) in [6, 6.07) is 8.71. The quantitative estimate of drug-likeness (QED) is 0.887. The van der Waals surface area contributed by atoms with E-state index in [-0.39, 0.29) is 11.6 Å². The van der Waals surface area contributed by atoms with Gasteiger partial charge in [-0.1, -0.05) is 31.2 Å². The molecule has 2 nitrogen and oxygen atoms in total. The fourth-order valence-electron chi connectivity index (χ4n) is 2.92. The first-order valence-corrected chi connectivity index (χ1v) is 7.08. The first-order chi connectivity index (χ1) is 8.58. The van der Waals surface area contributed by atoms with Crippen molar-refractivity contribution in [2.75, 3.05) is 6.54 Å². The zero-order valence-corrected chi connectivity index (χ0v) is 11.8. The van der Waals surface area contributed by atoms with Gasteiger partial charge in [-0.15, -0.1) is 0 Å². The summed E-state index contributed by atoms with van der Waals surface area (Å²) in [5, 5.41) is 10.1. The maximum Gasteiger partial charge on any atom is 0.0693 e. The van der Waals surface area contributed by atoms with Gasteiger partial charge < -0.3 is 5.11 Å². The lowest BCUT2D eigenvalue weighted by Gasteiger charge is -2.42. The minimum absolute atomic E-state index is 0.114. The highest BCUT2D eigenvalue weighted by Crippen LogP contribution is 2.29. The predicted octanol–water partition coefficient (Wildman–Crippen LogP) is 2.98. The molecule has 0 spiro atoms. The molecule has 18 heavy (non-hydrogen) atoms. The van der Waals surface area contributed by atoms with Gasteiger partial charge in [-0.25, -0.2) is 0 Å². The van der Waals surface area contributed by atoms with Crippen LogP contribution in [-0.4, -0.2) is 28.2 Å². The smallest absolute Gasteiger partial charge is 0.0693 e. The number of rotatable bonds is 3. The van der Waals surface area contributed by atoms with E-state index in [1.54, 1.807) is 0 Å². The topological polar surface area (TPSA) is 23.5 Å². The van der Waals surface area contributed by atoms with Gasteiger partial charge in [0.05, 0.1) is 6.10 Å². The molecule has 1 N–H and O–H groups in total. The number of aliphatic hydroxyl groups excluding tert-OH is 1. The van der Waals surface area contributed by atoms with E-state index in [0.29, 0.717) is 0 Å². The van der Waals surface area contributed by atoms with Crippen LogP contribution in [0.4, 0.5) is 0 Å². The van der Waals surface area contributed by atoms with Crippen molar-refractivity contribution in [1.29, 1.82) is 0 Å². The van der Waals surface area contributed by atoms with Gasteiger partial charge in [0.15, 0.2) is 0 Å². The average Bonchev–Trinajstić information content (AvgIpc) is 2.59. The van der Waals surface area contributed by atoms with Gasteiger partial charge in [0.1, 0.15) is 0 Å². The van der Waals surface area contributed by atoms with Crippen LogP contribution >= 0.6 is 0 Å². The first kappa shape index (κ1) is 13.6. The molecular formula is C16H25NO. The van der Waals surface area contributed by atoms with E-state index in [9.17, 15) is 5.11 Å². The first-order valence-electron chi connectivity index (χ1n) is 7.08. The van der Waals surface area contributed by atoms with Crippen molar-refractivity contribution in [3.8, 4) is 0 Å². The molecule has 0 fully saturated rings. The van der Waals surface area contributed by atoms with Crippen LogP contribution in [-0.2, 0) is 13.0 Å². The Balaban J connectivity index is 2.27. The molecule has 0 aliphatic carbocycles. The predicted molar refractivity (Wildman–Crippen MR) is 75.5 cm³/mol. The monoisotopic (exact) mass is 247 g/mol. The number of fused-ring (bicyclic) bond motifs is 1. The number of hydrogen-bond acceptors (Lipinski definition) is 2. The van der Waals surface area contributed by atoms with Crippen LogP contribution in [0, 0.1) is 0 Å². The van der Waals surface area contributed by atoms with Crippen LogP contribution in [0.2, 0.25) is 0 Å². The van der Waals surface area contributed by atoms with Crippen molar-refractivity contribution in [3.05, 3.63) is 35.4 Å². The average molecular weight is 247 g/mol. The maximum atomic E-state index is 10.1. The van der Waals surface area contributed by atoms with E-state index in [1.807, 2.05) is 6.92 Å². The molecule has 0 saturated carbocycles. The molecule has 1 aromatic carbocycles. The third kappa shape index (κ3) is 2.45. The van der Waals surface area contributed by atoms with E-state index in [0.717, 1.165) is 25.9 Å². The van der Waals surface area contributed by atoms with Crippen LogP contribution in [0.1, 0.15) is 44.7 Å². The summed E-state index contributed by atoms with van der Waals surface area (Å²) in [5.74, 6) is 0. The maximum absolute atomic E-state index is 10.1. The summed E-state index contributed by atoms with van der Waals surface area (Å²) in [5.41, 5.74) is 2.79. The molecule has 0 aromatic heterocycles. The Kier molecular flexibility index (Phi) is 4.08. The summed E-state index contributed by atoms with van der Waals surface area (Å²) in [6.07, 6.45) is 3.02. The zero-order chi connectivity index (χ0) is 13.2. The third-order valence-electron chi connectivity index (χ3n) is 4.69. The van der Waals surface area contributed by atoms with Gasteiger partial charge in [-0.3, -0.25) is 4.90 Å². The second-order valence-electron chi connectivity index (χ2n) is 5.68. The van der Waals surface area contributed by atoms with Crippen LogP contribution in [0.5, 0.6) is 0 Å². The van der Waals surface area contributed by atoms with Gasteiger partial charge in [-0.05, 0) is 50.8 Å². The molecule has 2 heteroatoms. The van der Waals surface area contributed by atoms with Gasteiger partial charge in [0.25, 0.3) is 0 Å². The standard InChI is InChI=1S/C16H25NO/c1-4-16(3,13(2)18)17-11-7-10-14-8-5-6-9-15(14)12-17/h5-6,8-9,13,18H,4,7,10-12H2,1-3H3. The van der Waals surface area contributed by atoms with E-state index < -0.39 is 0 Å². The molecule has 1 aromatic rings. The molecule has 0 radical (unpaired) electrons. The van der Waals surface area contributed by atoms with E-state index >= 15 is 0 Å². The van der Waals surface area contributed by atoms with E-state index in [1.165, 1.54) is 17.5 Å². The molecule has 2 atom stereocenters.